The van der Waals surface area contributed by atoms with Crippen LogP contribution in [0.1, 0.15) is 11.1 Å². The summed E-state index contributed by atoms with van der Waals surface area (Å²) in [5.41, 5.74) is 3.36. The fourth-order valence-corrected chi connectivity index (χ4v) is 2.45. The first-order valence-corrected chi connectivity index (χ1v) is 7.51. The van der Waals surface area contributed by atoms with E-state index in [0.717, 1.165) is 35.8 Å². The number of nitrogens with one attached hydrogen (secondary N) is 1. The number of rotatable bonds is 5. The molecule has 4 heteroatoms. The van der Waals surface area contributed by atoms with Crippen LogP contribution in [0.3, 0.4) is 0 Å². The molecule has 1 heterocycles. The second-order valence-corrected chi connectivity index (χ2v) is 5.51. The van der Waals surface area contributed by atoms with Crippen LogP contribution < -0.4 is 15.0 Å². The van der Waals surface area contributed by atoms with E-state index in [1.807, 2.05) is 38.4 Å². The summed E-state index contributed by atoms with van der Waals surface area (Å²) >= 11 is 0. The molecule has 0 unspecified atom stereocenters. The van der Waals surface area contributed by atoms with Crippen LogP contribution in [0, 0.1) is 0 Å². The lowest BCUT2D eigenvalue weighted by molar-refractivity contribution is 0.305. The fraction of sp³-hybridized carbons (Fsp3) is 0.278. The fourth-order valence-electron chi connectivity index (χ4n) is 2.45. The second-order valence-electron chi connectivity index (χ2n) is 5.51. The van der Waals surface area contributed by atoms with E-state index in [0.29, 0.717) is 6.61 Å². The molecule has 4 nitrogen and oxygen atoms in total. The van der Waals surface area contributed by atoms with Gasteiger partial charge in [-0.2, -0.15) is 0 Å². The first-order valence-electron chi connectivity index (χ1n) is 7.51. The number of benzene rings is 2. The van der Waals surface area contributed by atoms with E-state index in [1.165, 1.54) is 5.69 Å². The van der Waals surface area contributed by atoms with Gasteiger partial charge in [0.15, 0.2) is 0 Å². The van der Waals surface area contributed by atoms with Crippen LogP contribution in [0.25, 0.3) is 0 Å². The summed E-state index contributed by atoms with van der Waals surface area (Å²) in [7, 11) is 4.08. The van der Waals surface area contributed by atoms with Gasteiger partial charge in [0, 0.05) is 26.3 Å². The molecule has 0 aliphatic carbocycles. The van der Waals surface area contributed by atoms with Crippen molar-refractivity contribution in [3.8, 4) is 5.75 Å². The first-order chi connectivity index (χ1) is 10.7. The Hall–Kier alpha value is -2.49. The Kier molecular flexibility index (Phi) is 4.28. The van der Waals surface area contributed by atoms with Gasteiger partial charge in [-0.25, -0.2) is 0 Å². The highest BCUT2D eigenvalue weighted by molar-refractivity contribution is 6.02. The molecule has 0 aromatic heterocycles. The van der Waals surface area contributed by atoms with Crippen LogP contribution in [0.2, 0.25) is 0 Å². The smallest absolute Gasteiger partial charge is 0.132 e. The average molecular weight is 295 g/mol. The van der Waals surface area contributed by atoms with E-state index >= 15 is 0 Å². The Morgan fingerprint density at radius 1 is 1.14 bits per heavy atom. The van der Waals surface area contributed by atoms with E-state index in [4.69, 9.17) is 4.74 Å². The highest BCUT2D eigenvalue weighted by Crippen LogP contribution is 2.21. The number of ether oxygens (including phenoxy) is 1. The number of hydrogen-bond donors (Lipinski definition) is 1. The molecule has 0 fully saturated rings. The molecule has 1 aliphatic heterocycles. The summed E-state index contributed by atoms with van der Waals surface area (Å²) in [6, 6.07) is 16.4. The van der Waals surface area contributed by atoms with Crippen LogP contribution in [0.4, 0.5) is 5.69 Å². The van der Waals surface area contributed by atoms with Crippen molar-refractivity contribution in [2.24, 2.45) is 4.99 Å². The Labute approximate surface area is 131 Å². The number of anilines is 1. The molecule has 1 aliphatic rings. The summed E-state index contributed by atoms with van der Waals surface area (Å²) < 4.78 is 6.03. The standard InChI is InChI=1S/C18H21N3O/c1-21(2)15-7-5-6-14(12-15)13-22-17-9-4-3-8-16(17)18-19-10-11-20-18/h3-9,12H,10-11,13H2,1-2H3,(H,19,20). The molecule has 1 N–H and O–H groups in total. The normalized spacial score (nSPS) is 13.5. The molecular weight excluding hydrogens is 274 g/mol. The predicted octanol–water partition coefficient (Wildman–Crippen LogP) is 2.68. The van der Waals surface area contributed by atoms with Gasteiger partial charge in [0.1, 0.15) is 18.2 Å². The lowest BCUT2D eigenvalue weighted by atomic mass is 10.1. The lowest BCUT2D eigenvalue weighted by Crippen LogP contribution is -2.20. The number of amidine groups is 1. The van der Waals surface area contributed by atoms with Gasteiger partial charge in [0.25, 0.3) is 0 Å². The van der Waals surface area contributed by atoms with Gasteiger partial charge in [0.05, 0.1) is 12.1 Å². The zero-order valence-electron chi connectivity index (χ0n) is 13.0. The van der Waals surface area contributed by atoms with Crippen molar-refractivity contribution in [2.45, 2.75) is 6.61 Å². The monoisotopic (exact) mass is 295 g/mol. The number of para-hydroxylation sites is 1. The van der Waals surface area contributed by atoms with Crippen LogP contribution in [0.5, 0.6) is 5.75 Å². The maximum atomic E-state index is 6.03. The highest BCUT2D eigenvalue weighted by Gasteiger charge is 2.13. The second kappa shape index (κ2) is 6.52. The number of nitrogens with zero attached hydrogens (tertiary/aromatic N) is 2. The zero-order valence-corrected chi connectivity index (χ0v) is 13.0. The van der Waals surface area contributed by atoms with Gasteiger partial charge < -0.3 is 15.0 Å². The first kappa shape index (κ1) is 14.4. The molecule has 0 saturated carbocycles. The molecule has 3 rings (SSSR count). The Morgan fingerprint density at radius 3 is 2.77 bits per heavy atom. The molecule has 2 aromatic carbocycles. The highest BCUT2D eigenvalue weighted by atomic mass is 16.5. The molecular formula is C18H21N3O. The van der Waals surface area contributed by atoms with E-state index in [2.05, 4.69) is 39.5 Å². The van der Waals surface area contributed by atoms with Gasteiger partial charge in [-0.3, -0.25) is 4.99 Å². The van der Waals surface area contributed by atoms with Gasteiger partial charge in [-0.15, -0.1) is 0 Å². The van der Waals surface area contributed by atoms with Gasteiger partial charge >= 0.3 is 0 Å². The van der Waals surface area contributed by atoms with Crippen LogP contribution in [0.15, 0.2) is 53.5 Å². The molecule has 114 valence electrons. The minimum Gasteiger partial charge on any atom is -0.488 e. The van der Waals surface area contributed by atoms with E-state index < -0.39 is 0 Å². The quantitative estimate of drug-likeness (QED) is 0.921. The molecule has 0 amide bonds. The van der Waals surface area contributed by atoms with Crippen LogP contribution in [-0.2, 0) is 6.61 Å². The minimum absolute atomic E-state index is 0.548. The van der Waals surface area contributed by atoms with Crippen molar-refractivity contribution < 1.29 is 4.74 Å². The summed E-state index contributed by atoms with van der Waals surface area (Å²) in [6.07, 6.45) is 0. The van der Waals surface area contributed by atoms with Crippen molar-refractivity contribution in [2.75, 3.05) is 32.1 Å². The molecule has 2 aromatic rings. The molecule has 0 spiro atoms. The van der Waals surface area contributed by atoms with E-state index in [1.54, 1.807) is 0 Å². The average Bonchev–Trinajstić information content (AvgIpc) is 3.08. The molecule has 22 heavy (non-hydrogen) atoms. The van der Waals surface area contributed by atoms with Crippen LogP contribution >= 0.6 is 0 Å². The Balaban J connectivity index is 1.75. The summed E-state index contributed by atoms with van der Waals surface area (Å²) in [5.74, 6) is 1.79. The van der Waals surface area contributed by atoms with E-state index in [-0.39, 0.29) is 0 Å². The molecule has 0 radical (unpaired) electrons. The predicted molar refractivity (Wildman–Crippen MR) is 90.9 cm³/mol. The van der Waals surface area contributed by atoms with Gasteiger partial charge in [-0.1, -0.05) is 24.3 Å². The van der Waals surface area contributed by atoms with Gasteiger partial charge in [-0.05, 0) is 29.8 Å². The molecule has 0 saturated heterocycles. The topological polar surface area (TPSA) is 36.9 Å². The largest absolute Gasteiger partial charge is 0.488 e. The maximum absolute atomic E-state index is 6.03. The Bertz CT molecular complexity index is 680. The molecule has 0 atom stereocenters. The third kappa shape index (κ3) is 3.22. The Morgan fingerprint density at radius 2 is 2.00 bits per heavy atom. The minimum atomic E-state index is 0.548. The van der Waals surface area contributed by atoms with Crippen molar-refractivity contribution in [1.29, 1.82) is 0 Å². The third-order valence-corrected chi connectivity index (χ3v) is 3.64. The zero-order chi connectivity index (χ0) is 15.4. The van der Waals surface area contributed by atoms with Crippen molar-refractivity contribution in [3.63, 3.8) is 0 Å². The van der Waals surface area contributed by atoms with Crippen LogP contribution in [-0.4, -0.2) is 33.0 Å². The van der Waals surface area contributed by atoms with E-state index in [9.17, 15) is 0 Å². The SMILES string of the molecule is CN(C)c1cccc(COc2ccccc2C2=NCCN2)c1. The third-order valence-electron chi connectivity index (χ3n) is 3.64. The maximum Gasteiger partial charge on any atom is 0.132 e. The summed E-state index contributed by atoms with van der Waals surface area (Å²) in [6.45, 7) is 2.27. The lowest BCUT2D eigenvalue weighted by Gasteiger charge is -2.15. The number of hydrogen-bond acceptors (Lipinski definition) is 4. The van der Waals surface area contributed by atoms with Crippen molar-refractivity contribution in [1.82, 2.24) is 5.32 Å². The number of aliphatic imine (C=N–C) groups is 1. The summed E-state index contributed by atoms with van der Waals surface area (Å²) in [5, 5.41) is 3.30. The van der Waals surface area contributed by atoms with Crippen molar-refractivity contribution >= 4 is 11.5 Å². The van der Waals surface area contributed by atoms with Gasteiger partial charge in [0.2, 0.25) is 0 Å². The van der Waals surface area contributed by atoms with Crippen molar-refractivity contribution in [3.05, 3.63) is 59.7 Å². The molecule has 0 bridgehead atoms. The summed E-state index contributed by atoms with van der Waals surface area (Å²) in [4.78, 5) is 6.57.